The van der Waals surface area contributed by atoms with Crippen LogP contribution < -0.4 is 11.5 Å². The van der Waals surface area contributed by atoms with Gasteiger partial charge in [-0.2, -0.15) is 0 Å². The lowest BCUT2D eigenvalue weighted by molar-refractivity contribution is -0.139. The number of nitrogens with two attached hydrogens (primary N) is 2. The first-order valence-electron chi connectivity index (χ1n) is 8.64. The van der Waals surface area contributed by atoms with Crippen LogP contribution in [-0.4, -0.2) is 22.7 Å². The molecule has 0 spiro atoms. The topological polar surface area (TPSA) is 123 Å². The van der Waals surface area contributed by atoms with Crippen LogP contribution in [0.5, 0.6) is 5.75 Å². The highest BCUT2D eigenvalue weighted by atomic mass is 16.3. The minimum Gasteiger partial charge on any atom is -0.507 e. The molecule has 0 unspecified atom stereocenters. The summed E-state index contributed by atoms with van der Waals surface area (Å²) in [7, 11) is 0. The van der Waals surface area contributed by atoms with Crippen LogP contribution in [0.4, 0.5) is 0 Å². The lowest BCUT2D eigenvalue weighted by atomic mass is 9.78. The predicted octanol–water partition coefficient (Wildman–Crippen LogP) is 2.08. The summed E-state index contributed by atoms with van der Waals surface area (Å²) < 4.78 is 0. The van der Waals surface area contributed by atoms with E-state index in [-0.39, 0.29) is 23.0 Å². The molecule has 0 radical (unpaired) electrons. The van der Waals surface area contributed by atoms with Gasteiger partial charge in [0.15, 0.2) is 11.7 Å². The normalized spacial score (nSPS) is 12.3. The molecular formula is C20H30N2O4. The van der Waals surface area contributed by atoms with Crippen LogP contribution in [0.3, 0.4) is 0 Å². The number of amides is 2. The molecule has 144 valence electrons. The van der Waals surface area contributed by atoms with Crippen molar-refractivity contribution in [1.82, 2.24) is 0 Å². The molecule has 0 fully saturated rings. The van der Waals surface area contributed by atoms with Crippen LogP contribution in [0.25, 0.3) is 0 Å². The maximum Gasteiger partial charge on any atom is 0.237 e. The van der Waals surface area contributed by atoms with Crippen molar-refractivity contribution in [2.45, 2.75) is 65.2 Å². The second kappa shape index (κ2) is 7.48. The Morgan fingerprint density at radius 2 is 1.31 bits per heavy atom. The highest BCUT2D eigenvalue weighted by Gasteiger charge is 2.30. The molecule has 0 aromatic heterocycles. The molecule has 2 amide bonds. The van der Waals surface area contributed by atoms with Crippen LogP contribution in [0.1, 0.15) is 64.7 Å². The van der Waals surface area contributed by atoms with E-state index >= 15 is 0 Å². The number of hydrogen-bond donors (Lipinski definition) is 3. The molecule has 1 aromatic rings. The Hall–Kier alpha value is -2.37. The molecule has 6 heteroatoms. The van der Waals surface area contributed by atoms with E-state index in [4.69, 9.17) is 11.5 Å². The zero-order chi connectivity index (χ0) is 20.4. The van der Waals surface area contributed by atoms with Gasteiger partial charge >= 0.3 is 0 Å². The first kappa shape index (κ1) is 21.7. The Kier molecular flexibility index (Phi) is 6.23. The predicted molar refractivity (Wildman–Crippen MR) is 101 cm³/mol. The smallest absolute Gasteiger partial charge is 0.237 e. The maximum absolute atomic E-state index is 12.2. The molecule has 0 atom stereocenters. The first-order chi connectivity index (χ1) is 11.7. The molecule has 1 aromatic carbocycles. The second-order valence-electron chi connectivity index (χ2n) is 8.74. The Morgan fingerprint density at radius 3 is 1.62 bits per heavy atom. The number of Topliss-reactive ketones (excluding diaryl/α,β-unsaturated/α-hetero) is 1. The fourth-order valence-electron chi connectivity index (χ4n) is 2.85. The van der Waals surface area contributed by atoms with Gasteiger partial charge in [-0.1, -0.05) is 53.7 Å². The number of phenolic OH excluding ortho intramolecular Hbond substituents is 1. The van der Waals surface area contributed by atoms with Gasteiger partial charge in [-0.3, -0.25) is 14.4 Å². The number of carbonyl (C=O) groups excluding carboxylic acids is 3. The van der Waals surface area contributed by atoms with E-state index in [0.29, 0.717) is 6.42 Å². The Bertz CT molecular complexity index is 675. The largest absolute Gasteiger partial charge is 0.507 e. The van der Waals surface area contributed by atoms with E-state index in [0.717, 1.165) is 16.7 Å². The standard InChI is InChI=1S/C20H30N2O4/c1-19(2,3)12-9-11(10-13(16(12)24)20(4,5)6)7-8-14(23)15(17(21)25)18(22)26/h9-10,15,24H,7-8H2,1-6H3,(H2,21,25)(H2,22,26). The highest BCUT2D eigenvalue weighted by molar-refractivity contribution is 6.17. The minimum atomic E-state index is -1.60. The van der Waals surface area contributed by atoms with Crippen molar-refractivity contribution < 1.29 is 19.5 Å². The summed E-state index contributed by atoms with van der Waals surface area (Å²) in [6, 6.07) is 3.72. The summed E-state index contributed by atoms with van der Waals surface area (Å²) >= 11 is 0. The SMILES string of the molecule is CC(C)(C)c1cc(CCC(=O)C(C(N)=O)C(N)=O)cc(C(C)(C)C)c1O. The number of rotatable bonds is 6. The van der Waals surface area contributed by atoms with Crippen LogP contribution >= 0.6 is 0 Å². The summed E-state index contributed by atoms with van der Waals surface area (Å²) in [4.78, 5) is 34.7. The van der Waals surface area contributed by atoms with Crippen molar-refractivity contribution >= 4 is 17.6 Å². The fraction of sp³-hybridized carbons (Fsp3) is 0.550. The molecule has 6 nitrogen and oxygen atoms in total. The van der Waals surface area contributed by atoms with Crippen LogP contribution in [-0.2, 0) is 31.6 Å². The Morgan fingerprint density at radius 1 is 0.923 bits per heavy atom. The molecule has 0 saturated carbocycles. The number of ketones is 1. The lowest BCUT2D eigenvalue weighted by Gasteiger charge is -2.28. The lowest BCUT2D eigenvalue weighted by Crippen LogP contribution is -2.40. The number of benzene rings is 1. The molecule has 0 aliphatic heterocycles. The van der Waals surface area contributed by atoms with E-state index in [1.165, 1.54) is 0 Å². The summed E-state index contributed by atoms with van der Waals surface area (Å²) in [6.45, 7) is 12.0. The third-order valence-corrected chi connectivity index (χ3v) is 4.34. The van der Waals surface area contributed by atoms with Crippen molar-refractivity contribution in [3.05, 3.63) is 28.8 Å². The minimum absolute atomic E-state index is 0.0332. The molecule has 0 aliphatic rings. The van der Waals surface area contributed by atoms with Crippen LogP contribution in [0.2, 0.25) is 0 Å². The van der Waals surface area contributed by atoms with E-state index < -0.39 is 23.5 Å². The zero-order valence-electron chi connectivity index (χ0n) is 16.5. The molecule has 0 bridgehead atoms. The van der Waals surface area contributed by atoms with Crippen molar-refractivity contribution in [1.29, 1.82) is 0 Å². The fourth-order valence-corrected chi connectivity index (χ4v) is 2.85. The number of aromatic hydroxyl groups is 1. The van der Waals surface area contributed by atoms with Crippen molar-refractivity contribution in [2.75, 3.05) is 0 Å². The van der Waals surface area contributed by atoms with Gasteiger partial charge in [0.05, 0.1) is 0 Å². The van der Waals surface area contributed by atoms with Crippen molar-refractivity contribution in [3.8, 4) is 5.75 Å². The average Bonchev–Trinajstić information content (AvgIpc) is 2.42. The average molecular weight is 362 g/mol. The van der Waals surface area contributed by atoms with Gasteiger partial charge in [-0.15, -0.1) is 0 Å². The quantitative estimate of drug-likeness (QED) is 0.670. The molecule has 0 aliphatic carbocycles. The second-order valence-corrected chi connectivity index (χ2v) is 8.74. The van der Waals surface area contributed by atoms with Gasteiger partial charge in [0, 0.05) is 6.42 Å². The van der Waals surface area contributed by atoms with Gasteiger partial charge in [0.1, 0.15) is 5.75 Å². The van der Waals surface area contributed by atoms with Crippen LogP contribution in [0, 0.1) is 5.92 Å². The molecule has 0 saturated heterocycles. The van der Waals surface area contributed by atoms with Gasteiger partial charge < -0.3 is 16.6 Å². The van der Waals surface area contributed by atoms with E-state index in [9.17, 15) is 19.5 Å². The molecular weight excluding hydrogens is 332 g/mol. The zero-order valence-corrected chi connectivity index (χ0v) is 16.5. The molecule has 1 rings (SSSR count). The highest BCUT2D eigenvalue weighted by Crippen LogP contribution is 2.40. The number of aryl methyl sites for hydroxylation is 1. The Balaban J connectivity index is 3.24. The summed E-state index contributed by atoms with van der Waals surface area (Å²) in [6.07, 6.45) is 0.289. The van der Waals surface area contributed by atoms with Gasteiger partial charge in [-0.25, -0.2) is 0 Å². The molecule has 5 N–H and O–H groups in total. The van der Waals surface area contributed by atoms with E-state index in [1.807, 2.05) is 53.7 Å². The van der Waals surface area contributed by atoms with Gasteiger partial charge in [-0.05, 0) is 33.9 Å². The molecule has 26 heavy (non-hydrogen) atoms. The monoisotopic (exact) mass is 362 g/mol. The van der Waals surface area contributed by atoms with E-state index in [1.54, 1.807) is 0 Å². The van der Waals surface area contributed by atoms with Crippen molar-refractivity contribution in [3.63, 3.8) is 0 Å². The maximum atomic E-state index is 12.2. The third-order valence-electron chi connectivity index (χ3n) is 4.34. The summed E-state index contributed by atoms with van der Waals surface area (Å²) in [5, 5.41) is 10.7. The van der Waals surface area contributed by atoms with E-state index in [2.05, 4.69) is 0 Å². The summed E-state index contributed by atoms with van der Waals surface area (Å²) in [5.74, 6) is -3.99. The Labute approximate surface area is 154 Å². The molecule has 0 heterocycles. The number of hydrogen-bond acceptors (Lipinski definition) is 4. The summed E-state index contributed by atoms with van der Waals surface area (Å²) in [5.41, 5.74) is 12.0. The number of primary amides is 2. The van der Waals surface area contributed by atoms with Crippen LogP contribution in [0.15, 0.2) is 12.1 Å². The third kappa shape index (κ3) is 5.07. The number of phenols is 1. The first-order valence-corrected chi connectivity index (χ1v) is 8.64. The van der Waals surface area contributed by atoms with Gasteiger partial charge in [0.2, 0.25) is 11.8 Å². The van der Waals surface area contributed by atoms with Gasteiger partial charge in [0.25, 0.3) is 0 Å². The number of carbonyl (C=O) groups is 3. The van der Waals surface area contributed by atoms with Crippen molar-refractivity contribution in [2.24, 2.45) is 17.4 Å².